The number of halogens is 1. The first-order chi connectivity index (χ1) is 9.99. The van der Waals surface area contributed by atoms with Gasteiger partial charge in [-0.25, -0.2) is 4.68 Å². The van der Waals surface area contributed by atoms with Gasteiger partial charge in [0.15, 0.2) is 0 Å². The van der Waals surface area contributed by atoms with E-state index in [2.05, 4.69) is 24.3 Å². The van der Waals surface area contributed by atoms with Crippen molar-refractivity contribution in [2.45, 2.75) is 39.3 Å². The lowest BCUT2D eigenvalue weighted by Gasteiger charge is -2.08. The zero-order chi connectivity index (χ0) is 15.4. The predicted molar refractivity (Wildman–Crippen MR) is 90.4 cm³/mol. The summed E-state index contributed by atoms with van der Waals surface area (Å²) < 4.78 is 1.85. The van der Waals surface area contributed by atoms with Crippen molar-refractivity contribution in [3.8, 4) is 5.69 Å². The number of hydrogen-bond acceptors (Lipinski definition) is 3. The molecule has 0 radical (unpaired) electrons. The van der Waals surface area contributed by atoms with Crippen molar-refractivity contribution in [2.75, 3.05) is 0 Å². The summed E-state index contributed by atoms with van der Waals surface area (Å²) >= 11 is 0. The maximum absolute atomic E-state index is 11.6. The number of nitrogens with two attached hydrogens (primary N) is 1. The van der Waals surface area contributed by atoms with Gasteiger partial charge in [-0.05, 0) is 25.0 Å². The summed E-state index contributed by atoms with van der Waals surface area (Å²) in [6.45, 7) is 6.30. The van der Waals surface area contributed by atoms with Crippen LogP contribution in [0.3, 0.4) is 0 Å². The van der Waals surface area contributed by atoms with Crippen LogP contribution in [0.2, 0.25) is 0 Å². The Kier molecular flexibility index (Phi) is 6.59. The second-order valence-electron chi connectivity index (χ2n) is 5.48. The van der Waals surface area contributed by atoms with Crippen molar-refractivity contribution in [1.82, 2.24) is 15.1 Å². The van der Waals surface area contributed by atoms with Crippen LogP contribution in [0.25, 0.3) is 5.69 Å². The molecule has 3 N–H and O–H groups in total. The maximum Gasteiger partial charge on any atom is 0.236 e. The standard InChI is InChI=1S/C16H22N4O.ClH/c1-11(2)15-13(9-18-16(21)12(3)17)10-20(19-15)14-7-5-4-6-8-14;/h4-8,10-12H,9,17H2,1-3H3,(H,18,21);1H/t12-;/m1./s1. The number of aromatic nitrogens is 2. The van der Waals surface area contributed by atoms with Crippen LogP contribution in [0.15, 0.2) is 36.5 Å². The van der Waals surface area contributed by atoms with E-state index in [-0.39, 0.29) is 24.2 Å². The molecule has 0 saturated carbocycles. The van der Waals surface area contributed by atoms with Gasteiger partial charge in [-0.1, -0.05) is 32.0 Å². The van der Waals surface area contributed by atoms with E-state index in [1.807, 2.05) is 41.2 Å². The molecule has 1 atom stereocenters. The van der Waals surface area contributed by atoms with Gasteiger partial charge in [0.1, 0.15) is 0 Å². The van der Waals surface area contributed by atoms with Gasteiger partial charge in [0.25, 0.3) is 0 Å². The van der Waals surface area contributed by atoms with E-state index in [9.17, 15) is 4.79 Å². The van der Waals surface area contributed by atoms with Crippen LogP contribution in [0.1, 0.15) is 37.9 Å². The molecule has 0 fully saturated rings. The number of hydrogen-bond donors (Lipinski definition) is 2. The zero-order valence-electron chi connectivity index (χ0n) is 13.1. The van der Waals surface area contributed by atoms with Crippen LogP contribution in [0.5, 0.6) is 0 Å². The van der Waals surface area contributed by atoms with E-state index in [1.165, 1.54) is 0 Å². The van der Waals surface area contributed by atoms with Gasteiger partial charge in [-0.15, -0.1) is 12.4 Å². The van der Waals surface area contributed by atoms with Crippen molar-refractivity contribution >= 4 is 18.3 Å². The molecule has 0 saturated heterocycles. The van der Waals surface area contributed by atoms with Gasteiger partial charge in [-0.3, -0.25) is 4.79 Å². The Balaban J connectivity index is 0.00000242. The minimum absolute atomic E-state index is 0. The molecule has 0 aliphatic rings. The van der Waals surface area contributed by atoms with E-state index >= 15 is 0 Å². The molecule has 0 aliphatic heterocycles. The number of rotatable bonds is 5. The van der Waals surface area contributed by atoms with Crippen LogP contribution in [-0.2, 0) is 11.3 Å². The third kappa shape index (κ3) is 4.32. The number of nitrogens with one attached hydrogen (secondary N) is 1. The monoisotopic (exact) mass is 322 g/mol. The lowest BCUT2D eigenvalue weighted by molar-refractivity contribution is -0.122. The van der Waals surface area contributed by atoms with Gasteiger partial charge in [-0.2, -0.15) is 5.10 Å². The third-order valence-corrected chi connectivity index (χ3v) is 3.26. The van der Waals surface area contributed by atoms with Gasteiger partial charge in [0, 0.05) is 18.3 Å². The fourth-order valence-electron chi connectivity index (χ4n) is 2.10. The second-order valence-corrected chi connectivity index (χ2v) is 5.48. The molecule has 120 valence electrons. The number of benzene rings is 1. The van der Waals surface area contributed by atoms with E-state index < -0.39 is 6.04 Å². The lowest BCUT2D eigenvalue weighted by Crippen LogP contribution is -2.37. The van der Waals surface area contributed by atoms with Crippen molar-refractivity contribution in [3.63, 3.8) is 0 Å². The Hall–Kier alpha value is -1.85. The largest absolute Gasteiger partial charge is 0.351 e. The topological polar surface area (TPSA) is 72.9 Å². The smallest absolute Gasteiger partial charge is 0.236 e. The maximum atomic E-state index is 11.6. The fourth-order valence-corrected chi connectivity index (χ4v) is 2.10. The summed E-state index contributed by atoms with van der Waals surface area (Å²) in [5.41, 5.74) is 8.57. The van der Waals surface area contributed by atoms with E-state index in [0.717, 1.165) is 16.9 Å². The fraction of sp³-hybridized carbons (Fsp3) is 0.375. The molecule has 0 aliphatic carbocycles. The van der Waals surface area contributed by atoms with Crippen molar-refractivity contribution in [2.24, 2.45) is 5.73 Å². The second kappa shape index (κ2) is 7.96. The van der Waals surface area contributed by atoms with Crippen LogP contribution < -0.4 is 11.1 Å². The Morgan fingerprint density at radius 3 is 2.45 bits per heavy atom. The van der Waals surface area contributed by atoms with Gasteiger partial charge in [0.05, 0.1) is 17.4 Å². The van der Waals surface area contributed by atoms with E-state index in [4.69, 9.17) is 5.73 Å². The molecule has 6 heteroatoms. The Bertz CT molecular complexity index is 608. The quantitative estimate of drug-likeness (QED) is 0.887. The number of nitrogens with zero attached hydrogens (tertiary/aromatic N) is 2. The summed E-state index contributed by atoms with van der Waals surface area (Å²) in [5.74, 6) is 0.134. The highest BCUT2D eigenvalue weighted by molar-refractivity contribution is 5.85. The summed E-state index contributed by atoms with van der Waals surface area (Å²) in [6.07, 6.45) is 1.96. The molecule has 2 aromatic rings. The van der Waals surface area contributed by atoms with Crippen LogP contribution in [0.4, 0.5) is 0 Å². The molecule has 0 bridgehead atoms. The average Bonchev–Trinajstić information content (AvgIpc) is 2.90. The number of para-hydroxylation sites is 1. The minimum Gasteiger partial charge on any atom is -0.351 e. The molecular formula is C16H23ClN4O. The first-order valence-electron chi connectivity index (χ1n) is 7.16. The predicted octanol–water partition coefficient (Wildman–Crippen LogP) is 2.38. The lowest BCUT2D eigenvalue weighted by atomic mass is 10.1. The van der Waals surface area contributed by atoms with E-state index in [0.29, 0.717) is 6.54 Å². The molecule has 0 spiro atoms. The Morgan fingerprint density at radius 2 is 1.91 bits per heavy atom. The third-order valence-electron chi connectivity index (χ3n) is 3.26. The van der Waals surface area contributed by atoms with Gasteiger partial charge < -0.3 is 11.1 Å². The number of carbonyl (C=O) groups is 1. The molecule has 0 unspecified atom stereocenters. The molecule has 1 aromatic carbocycles. The number of amides is 1. The minimum atomic E-state index is -0.503. The van der Waals surface area contributed by atoms with Crippen LogP contribution in [-0.4, -0.2) is 21.7 Å². The van der Waals surface area contributed by atoms with Crippen LogP contribution >= 0.6 is 12.4 Å². The SMILES string of the molecule is CC(C)c1nn(-c2ccccc2)cc1CNC(=O)[C@@H](C)N.Cl. The van der Waals surface area contributed by atoms with Crippen molar-refractivity contribution < 1.29 is 4.79 Å². The molecule has 1 amide bonds. The zero-order valence-corrected chi connectivity index (χ0v) is 13.9. The molecule has 2 rings (SSSR count). The number of carbonyl (C=O) groups excluding carboxylic acids is 1. The normalized spacial score (nSPS) is 11.9. The molecule has 1 heterocycles. The van der Waals surface area contributed by atoms with Crippen molar-refractivity contribution in [1.29, 1.82) is 0 Å². The van der Waals surface area contributed by atoms with Crippen molar-refractivity contribution in [3.05, 3.63) is 47.8 Å². The molecule has 5 nitrogen and oxygen atoms in total. The highest BCUT2D eigenvalue weighted by Gasteiger charge is 2.15. The summed E-state index contributed by atoms with van der Waals surface area (Å²) in [7, 11) is 0. The Labute approximate surface area is 137 Å². The molecular weight excluding hydrogens is 300 g/mol. The molecule has 1 aromatic heterocycles. The first-order valence-corrected chi connectivity index (χ1v) is 7.16. The molecule has 22 heavy (non-hydrogen) atoms. The highest BCUT2D eigenvalue weighted by Crippen LogP contribution is 2.19. The summed E-state index contributed by atoms with van der Waals surface area (Å²) in [6, 6.07) is 9.42. The van der Waals surface area contributed by atoms with E-state index in [1.54, 1.807) is 6.92 Å². The first kappa shape index (κ1) is 18.2. The summed E-state index contributed by atoms with van der Waals surface area (Å²) in [4.78, 5) is 11.6. The van der Waals surface area contributed by atoms with Gasteiger partial charge >= 0.3 is 0 Å². The summed E-state index contributed by atoms with van der Waals surface area (Å²) in [5, 5.41) is 7.48. The average molecular weight is 323 g/mol. The van der Waals surface area contributed by atoms with Gasteiger partial charge in [0.2, 0.25) is 5.91 Å². The Morgan fingerprint density at radius 1 is 1.27 bits per heavy atom. The van der Waals surface area contributed by atoms with Crippen LogP contribution in [0, 0.1) is 0 Å². The highest BCUT2D eigenvalue weighted by atomic mass is 35.5.